The number of amides is 1. The highest BCUT2D eigenvalue weighted by Gasteiger charge is 2.19. The number of aromatic nitrogens is 4. The third kappa shape index (κ3) is 4.24. The van der Waals surface area contributed by atoms with Crippen LogP contribution in [0, 0.1) is 0 Å². The van der Waals surface area contributed by atoms with Gasteiger partial charge in [0.2, 0.25) is 5.91 Å². The molecule has 8 nitrogen and oxygen atoms in total. The number of carbonyl (C=O) groups is 2. The molecule has 0 aliphatic rings. The largest absolute Gasteiger partial charge is 0.369 e. The van der Waals surface area contributed by atoms with Crippen LogP contribution < -0.4 is 11.1 Å². The van der Waals surface area contributed by atoms with E-state index in [0.717, 1.165) is 22.3 Å². The van der Waals surface area contributed by atoms with E-state index >= 15 is 0 Å². The first kappa shape index (κ1) is 18.4. The smallest absolute Gasteiger partial charge is 0.231 e. The van der Waals surface area contributed by atoms with Gasteiger partial charge in [0.05, 0.1) is 12.6 Å². The number of primary amides is 1. The predicted octanol–water partition coefficient (Wildman–Crippen LogP) is 1.63. The normalized spacial score (nSPS) is 11.9. The van der Waals surface area contributed by atoms with Crippen LogP contribution in [0.15, 0.2) is 48.5 Å². The minimum absolute atomic E-state index is 0.00265. The number of hydrogen-bond acceptors (Lipinski definition) is 6. The monoisotopic (exact) mass is 364 g/mol. The summed E-state index contributed by atoms with van der Waals surface area (Å²) >= 11 is 0. The Hall–Kier alpha value is -3.39. The number of Topliss-reactive ketones (excluding diaryl/α,β-unsaturated/α-hetero) is 1. The van der Waals surface area contributed by atoms with E-state index < -0.39 is 11.9 Å². The molecular formula is C19H20N6O2. The van der Waals surface area contributed by atoms with Crippen LogP contribution in [0.4, 0.5) is 0 Å². The van der Waals surface area contributed by atoms with Gasteiger partial charge in [0, 0.05) is 12.0 Å². The van der Waals surface area contributed by atoms with Crippen molar-refractivity contribution in [2.24, 2.45) is 5.73 Å². The van der Waals surface area contributed by atoms with Gasteiger partial charge in [0.1, 0.15) is 0 Å². The molecule has 1 amide bonds. The van der Waals surface area contributed by atoms with Crippen LogP contribution in [0.1, 0.15) is 24.9 Å². The van der Waals surface area contributed by atoms with Gasteiger partial charge in [0.15, 0.2) is 11.6 Å². The van der Waals surface area contributed by atoms with Crippen molar-refractivity contribution in [2.45, 2.75) is 19.4 Å². The Morgan fingerprint density at radius 2 is 1.81 bits per heavy atom. The van der Waals surface area contributed by atoms with E-state index in [1.807, 2.05) is 48.5 Å². The number of ketones is 1. The molecule has 0 spiro atoms. The lowest BCUT2D eigenvalue weighted by Gasteiger charge is -2.17. The molecule has 1 heterocycles. The standard InChI is InChI=1S/C19H20N6O2/c1-2-16(26)18(21-11-17(20)27)13-9-7-12(8-10-13)14-5-3-4-6-15(14)19-22-24-25-23-19/h3-10,18,21H,2,11H2,1H3,(H2,20,27)(H,22,23,24,25). The van der Waals surface area contributed by atoms with E-state index in [0.29, 0.717) is 12.2 Å². The van der Waals surface area contributed by atoms with Crippen molar-refractivity contribution in [2.75, 3.05) is 6.54 Å². The van der Waals surface area contributed by atoms with Gasteiger partial charge < -0.3 is 5.73 Å². The third-order valence-electron chi connectivity index (χ3n) is 4.23. The van der Waals surface area contributed by atoms with Gasteiger partial charge in [-0.2, -0.15) is 0 Å². The highest BCUT2D eigenvalue weighted by atomic mass is 16.1. The van der Waals surface area contributed by atoms with Crippen LogP contribution in [-0.4, -0.2) is 38.9 Å². The molecule has 27 heavy (non-hydrogen) atoms. The summed E-state index contributed by atoms with van der Waals surface area (Å²) in [5.41, 5.74) is 8.78. The summed E-state index contributed by atoms with van der Waals surface area (Å²) < 4.78 is 0. The lowest BCUT2D eigenvalue weighted by Crippen LogP contribution is -2.35. The molecule has 0 saturated carbocycles. The Kier molecular flexibility index (Phi) is 5.68. The lowest BCUT2D eigenvalue weighted by atomic mass is 9.95. The number of nitrogens with two attached hydrogens (primary N) is 1. The number of hydrogen-bond donors (Lipinski definition) is 3. The van der Waals surface area contributed by atoms with Gasteiger partial charge >= 0.3 is 0 Å². The second kappa shape index (κ2) is 8.33. The number of rotatable bonds is 8. The van der Waals surface area contributed by atoms with Crippen LogP contribution in [0.2, 0.25) is 0 Å². The van der Waals surface area contributed by atoms with Gasteiger partial charge in [-0.25, -0.2) is 5.10 Å². The minimum atomic E-state index is -0.565. The molecule has 8 heteroatoms. The van der Waals surface area contributed by atoms with Crippen LogP contribution >= 0.6 is 0 Å². The van der Waals surface area contributed by atoms with E-state index in [9.17, 15) is 9.59 Å². The minimum Gasteiger partial charge on any atom is -0.369 e. The fraction of sp³-hybridized carbons (Fsp3) is 0.211. The fourth-order valence-corrected chi connectivity index (χ4v) is 2.89. The average Bonchev–Trinajstić information content (AvgIpc) is 3.23. The third-order valence-corrected chi connectivity index (χ3v) is 4.23. The van der Waals surface area contributed by atoms with Crippen molar-refractivity contribution < 1.29 is 9.59 Å². The molecule has 0 radical (unpaired) electrons. The molecule has 0 bridgehead atoms. The summed E-state index contributed by atoms with van der Waals surface area (Å²) in [5, 5.41) is 16.9. The number of nitrogens with one attached hydrogen (secondary N) is 2. The summed E-state index contributed by atoms with van der Waals surface area (Å²) in [6.07, 6.45) is 0.361. The van der Waals surface area contributed by atoms with Crippen molar-refractivity contribution in [3.8, 4) is 22.5 Å². The second-order valence-electron chi connectivity index (χ2n) is 6.02. The Bertz CT molecular complexity index is 922. The zero-order valence-corrected chi connectivity index (χ0v) is 14.8. The molecule has 3 aromatic rings. The average molecular weight is 364 g/mol. The van der Waals surface area contributed by atoms with E-state index in [1.165, 1.54) is 0 Å². The Morgan fingerprint density at radius 1 is 1.11 bits per heavy atom. The van der Waals surface area contributed by atoms with Crippen molar-refractivity contribution >= 4 is 11.7 Å². The van der Waals surface area contributed by atoms with Crippen LogP contribution in [0.25, 0.3) is 22.5 Å². The van der Waals surface area contributed by atoms with Crippen molar-refractivity contribution in [1.29, 1.82) is 0 Å². The van der Waals surface area contributed by atoms with Crippen molar-refractivity contribution in [3.05, 3.63) is 54.1 Å². The molecule has 4 N–H and O–H groups in total. The zero-order valence-electron chi connectivity index (χ0n) is 14.8. The molecule has 1 unspecified atom stereocenters. The highest BCUT2D eigenvalue weighted by molar-refractivity contribution is 5.86. The zero-order chi connectivity index (χ0) is 19.2. The first-order valence-corrected chi connectivity index (χ1v) is 8.58. The summed E-state index contributed by atoms with van der Waals surface area (Å²) in [6, 6.07) is 14.8. The maximum atomic E-state index is 12.2. The first-order valence-electron chi connectivity index (χ1n) is 8.58. The number of benzene rings is 2. The number of nitrogens with zero attached hydrogens (tertiary/aromatic N) is 3. The number of aromatic amines is 1. The molecule has 0 aliphatic carbocycles. The van der Waals surface area contributed by atoms with E-state index in [2.05, 4.69) is 25.9 Å². The lowest BCUT2D eigenvalue weighted by molar-refractivity contribution is -0.121. The highest BCUT2D eigenvalue weighted by Crippen LogP contribution is 2.30. The summed E-state index contributed by atoms with van der Waals surface area (Å²) in [4.78, 5) is 23.3. The number of carbonyl (C=O) groups excluding carboxylic acids is 2. The maximum absolute atomic E-state index is 12.2. The molecule has 2 aromatic carbocycles. The molecule has 1 atom stereocenters. The molecule has 3 rings (SSSR count). The van der Waals surface area contributed by atoms with Crippen LogP contribution in [0.5, 0.6) is 0 Å². The molecule has 1 aromatic heterocycles. The quantitative estimate of drug-likeness (QED) is 0.557. The van der Waals surface area contributed by atoms with Crippen molar-refractivity contribution in [1.82, 2.24) is 25.9 Å². The van der Waals surface area contributed by atoms with Gasteiger partial charge in [-0.15, -0.1) is 5.10 Å². The first-order chi connectivity index (χ1) is 13.1. The van der Waals surface area contributed by atoms with Crippen LogP contribution in [0.3, 0.4) is 0 Å². The van der Waals surface area contributed by atoms with E-state index in [4.69, 9.17) is 5.73 Å². The van der Waals surface area contributed by atoms with Gasteiger partial charge in [-0.1, -0.05) is 55.5 Å². The number of tetrazole rings is 1. The molecule has 0 saturated heterocycles. The van der Waals surface area contributed by atoms with E-state index in [1.54, 1.807) is 6.92 Å². The SMILES string of the molecule is CCC(=O)C(NCC(N)=O)c1ccc(-c2ccccc2-c2nnn[nH]2)cc1. The van der Waals surface area contributed by atoms with Gasteiger partial charge in [-0.3, -0.25) is 14.9 Å². The Balaban J connectivity index is 1.91. The summed E-state index contributed by atoms with van der Waals surface area (Å²) in [7, 11) is 0. The number of H-pyrrole nitrogens is 1. The second-order valence-corrected chi connectivity index (χ2v) is 6.02. The van der Waals surface area contributed by atoms with Gasteiger partial charge in [-0.05, 0) is 27.1 Å². The molecule has 0 fully saturated rings. The van der Waals surface area contributed by atoms with Gasteiger partial charge in [0.25, 0.3) is 0 Å². The topological polar surface area (TPSA) is 127 Å². The Morgan fingerprint density at radius 3 is 2.41 bits per heavy atom. The predicted molar refractivity (Wildman–Crippen MR) is 100 cm³/mol. The van der Waals surface area contributed by atoms with Crippen LogP contribution in [-0.2, 0) is 9.59 Å². The molecule has 138 valence electrons. The van der Waals surface area contributed by atoms with Crippen molar-refractivity contribution in [3.63, 3.8) is 0 Å². The fourth-order valence-electron chi connectivity index (χ4n) is 2.89. The molecule has 0 aliphatic heterocycles. The van der Waals surface area contributed by atoms with E-state index in [-0.39, 0.29) is 12.3 Å². The summed E-state index contributed by atoms with van der Waals surface area (Å²) in [5.74, 6) is 0.0732. The maximum Gasteiger partial charge on any atom is 0.231 e. The summed E-state index contributed by atoms with van der Waals surface area (Å²) in [6.45, 7) is 1.73. The Labute approximate surface area is 156 Å². The molecular weight excluding hydrogens is 344 g/mol.